The van der Waals surface area contributed by atoms with Crippen LogP contribution in [-0.4, -0.2) is 6.04 Å². The van der Waals surface area contributed by atoms with Crippen LogP contribution in [0, 0.1) is 5.41 Å². The van der Waals surface area contributed by atoms with E-state index in [4.69, 9.17) is 11.6 Å². The third kappa shape index (κ3) is 3.73. The lowest BCUT2D eigenvalue weighted by Gasteiger charge is -2.37. The fraction of sp³-hybridized carbons (Fsp3) is 0.625. The second-order valence-electron chi connectivity index (χ2n) is 6.40. The van der Waals surface area contributed by atoms with E-state index in [1.165, 1.54) is 31.2 Å². The van der Waals surface area contributed by atoms with Crippen LogP contribution in [0.25, 0.3) is 0 Å². The van der Waals surface area contributed by atoms with Crippen LogP contribution in [0.15, 0.2) is 24.3 Å². The molecule has 1 nitrogen and oxygen atoms in total. The van der Waals surface area contributed by atoms with E-state index in [0.29, 0.717) is 17.5 Å². The van der Waals surface area contributed by atoms with Gasteiger partial charge in [0.2, 0.25) is 0 Å². The fourth-order valence-corrected chi connectivity index (χ4v) is 3.17. The van der Waals surface area contributed by atoms with E-state index in [0.717, 1.165) is 5.02 Å². The Balaban J connectivity index is 1.94. The average molecular weight is 266 g/mol. The Morgan fingerprint density at radius 1 is 1.28 bits per heavy atom. The Hall–Kier alpha value is -0.530. The van der Waals surface area contributed by atoms with Crippen LogP contribution in [0.5, 0.6) is 0 Å². The van der Waals surface area contributed by atoms with Crippen molar-refractivity contribution in [2.24, 2.45) is 5.41 Å². The first-order valence-electron chi connectivity index (χ1n) is 6.98. The quantitative estimate of drug-likeness (QED) is 0.815. The van der Waals surface area contributed by atoms with E-state index in [2.05, 4.69) is 38.2 Å². The Kier molecular flexibility index (Phi) is 4.34. The van der Waals surface area contributed by atoms with Gasteiger partial charge in [-0.15, -0.1) is 0 Å². The van der Waals surface area contributed by atoms with Crippen molar-refractivity contribution in [3.63, 3.8) is 0 Å². The topological polar surface area (TPSA) is 12.0 Å². The highest BCUT2D eigenvalue weighted by Crippen LogP contribution is 2.35. The van der Waals surface area contributed by atoms with Crippen molar-refractivity contribution < 1.29 is 0 Å². The third-order valence-corrected chi connectivity index (χ3v) is 4.31. The van der Waals surface area contributed by atoms with Crippen LogP contribution in [0.2, 0.25) is 5.02 Å². The maximum atomic E-state index is 5.93. The fourth-order valence-electron chi connectivity index (χ4n) is 3.04. The van der Waals surface area contributed by atoms with Gasteiger partial charge in [-0.05, 0) is 49.3 Å². The predicted molar refractivity (Wildman–Crippen MR) is 79.0 cm³/mol. The molecule has 1 unspecified atom stereocenters. The van der Waals surface area contributed by atoms with Crippen LogP contribution in [0.1, 0.15) is 58.1 Å². The molecule has 0 saturated heterocycles. The summed E-state index contributed by atoms with van der Waals surface area (Å²) in [7, 11) is 0. The van der Waals surface area contributed by atoms with Gasteiger partial charge < -0.3 is 5.32 Å². The first-order valence-corrected chi connectivity index (χ1v) is 7.36. The summed E-state index contributed by atoms with van der Waals surface area (Å²) in [6, 6.07) is 9.24. The number of benzene rings is 1. The van der Waals surface area contributed by atoms with Crippen LogP contribution in [0.3, 0.4) is 0 Å². The van der Waals surface area contributed by atoms with Gasteiger partial charge in [0.15, 0.2) is 0 Å². The van der Waals surface area contributed by atoms with E-state index < -0.39 is 0 Å². The minimum Gasteiger partial charge on any atom is -0.307 e. The minimum absolute atomic E-state index is 0.404. The zero-order valence-corrected chi connectivity index (χ0v) is 12.4. The third-order valence-electron chi connectivity index (χ3n) is 4.06. The molecular weight excluding hydrogens is 242 g/mol. The molecule has 2 heteroatoms. The van der Waals surface area contributed by atoms with Crippen LogP contribution >= 0.6 is 11.6 Å². The van der Waals surface area contributed by atoms with E-state index in [1.54, 1.807) is 0 Å². The highest BCUT2D eigenvalue weighted by molar-refractivity contribution is 6.30. The summed E-state index contributed by atoms with van der Waals surface area (Å²) in [4.78, 5) is 0. The lowest BCUT2D eigenvalue weighted by atomic mass is 9.75. The zero-order valence-electron chi connectivity index (χ0n) is 11.7. The largest absolute Gasteiger partial charge is 0.307 e. The number of hydrogen-bond acceptors (Lipinski definition) is 1. The number of nitrogens with one attached hydrogen (secondary N) is 1. The van der Waals surface area contributed by atoms with Crippen LogP contribution in [-0.2, 0) is 0 Å². The van der Waals surface area contributed by atoms with Crippen molar-refractivity contribution in [2.75, 3.05) is 0 Å². The Morgan fingerprint density at radius 2 is 1.94 bits per heavy atom. The first kappa shape index (κ1) is 13.9. The normalized spacial score (nSPS) is 24.8. The molecule has 18 heavy (non-hydrogen) atoms. The summed E-state index contributed by atoms with van der Waals surface area (Å²) >= 11 is 5.93. The van der Waals surface area contributed by atoms with Gasteiger partial charge in [0.25, 0.3) is 0 Å². The van der Waals surface area contributed by atoms with Crippen LogP contribution in [0.4, 0.5) is 0 Å². The molecule has 1 aromatic carbocycles. The maximum absolute atomic E-state index is 5.93. The van der Waals surface area contributed by atoms with Crippen molar-refractivity contribution in [1.82, 2.24) is 5.32 Å². The van der Waals surface area contributed by atoms with Crippen molar-refractivity contribution in [3.8, 4) is 0 Å². The Labute approximate surface area is 116 Å². The van der Waals surface area contributed by atoms with E-state index in [1.807, 2.05) is 12.1 Å². The molecule has 0 aliphatic heterocycles. The molecule has 2 atom stereocenters. The predicted octanol–water partition coefficient (Wildman–Crippen LogP) is 4.96. The zero-order chi connectivity index (χ0) is 13.2. The molecule has 1 saturated carbocycles. The summed E-state index contributed by atoms with van der Waals surface area (Å²) in [6.45, 7) is 7.01. The summed E-state index contributed by atoms with van der Waals surface area (Å²) in [5, 5.41) is 4.58. The van der Waals surface area contributed by atoms with Crippen molar-refractivity contribution in [3.05, 3.63) is 34.9 Å². The molecule has 100 valence electrons. The molecule has 1 aliphatic rings. The second kappa shape index (κ2) is 5.63. The molecule has 0 bridgehead atoms. The van der Waals surface area contributed by atoms with E-state index in [9.17, 15) is 0 Å². The molecular formula is C16H24ClN. The van der Waals surface area contributed by atoms with E-state index in [-0.39, 0.29) is 0 Å². The first-order chi connectivity index (χ1) is 8.46. The molecule has 0 spiro atoms. The number of rotatable bonds is 3. The number of hydrogen-bond donors (Lipinski definition) is 1. The van der Waals surface area contributed by atoms with Gasteiger partial charge in [-0.25, -0.2) is 0 Å². The summed E-state index contributed by atoms with van der Waals surface area (Å²) in [5.41, 5.74) is 1.82. The van der Waals surface area contributed by atoms with Gasteiger partial charge in [0.1, 0.15) is 0 Å². The van der Waals surface area contributed by atoms with E-state index >= 15 is 0 Å². The lowest BCUT2D eigenvalue weighted by molar-refractivity contribution is 0.191. The lowest BCUT2D eigenvalue weighted by Crippen LogP contribution is -2.38. The highest BCUT2D eigenvalue weighted by atomic mass is 35.5. The molecule has 0 amide bonds. The van der Waals surface area contributed by atoms with Gasteiger partial charge in [-0.2, -0.15) is 0 Å². The molecule has 0 radical (unpaired) electrons. The highest BCUT2D eigenvalue weighted by Gasteiger charge is 2.28. The standard InChI is InChI=1S/C16H24ClN/c1-12(13-6-8-14(17)9-7-13)18-15-5-4-10-16(2,3)11-15/h6-9,12,15,18H,4-5,10-11H2,1-3H3/t12-,15?/m1/s1. The number of halogens is 1. The molecule has 1 N–H and O–H groups in total. The van der Waals surface area contributed by atoms with Gasteiger partial charge >= 0.3 is 0 Å². The molecule has 2 rings (SSSR count). The summed E-state index contributed by atoms with van der Waals surface area (Å²) in [6.07, 6.45) is 5.30. The maximum Gasteiger partial charge on any atom is 0.0406 e. The van der Waals surface area contributed by atoms with Gasteiger partial charge in [-0.3, -0.25) is 0 Å². The monoisotopic (exact) mass is 265 g/mol. The molecule has 1 aliphatic carbocycles. The smallest absolute Gasteiger partial charge is 0.0406 e. The Bertz CT molecular complexity index is 383. The van der Waals surface area contributed by atoms with Crippen molar-refractivity contribution >= 4 is 11.6 Å². The summed E-state index contributed by atoms with van der Waals surface area (Å²) < 4.78 is 0. The molecule has 0 aromatic heterocycles. The molecule has 1 fully saturated rings. The summed E-state index contributed by atoms with van der Waals surface area (Å²) in [5.74, 6) is 0. The minimum atomic E-state index is 0.404. The van der Waals surface area contributed by atoms with Gasteiger partial charge in [-0.1, -0.05) is 44.0 Å². The van der Waals surface area contributed by atoms with Gasteiger partial charge in [0.05, 0.1) is 0 Å². The Morgan fingerprint density at radius 3 is 2.56 bits per heavy atom. The van der Waals surface area contributed by atoms with Crippen molar-refractivity contribution in [2.45, 2.75) is 58.5 Å². The SMILES string of the molecule is C[C@@H](NC1CCCC(C)(C)C1)c1ccc(Cl)cc1. The molecule has 0 heterocycles. The average Bonchev–Trinajstić information content (AvgIpc) is 2.28. The van der Waals surface area contributed by atoms with Crippen LogP contribution < -0.4 is 5.32 Å². The molecule has 1 aromatic rings. The van der Waals surface area contributed by atoms with Gasteiger partial charge in [0, 0.05) is 17.1 Å². The second-order valence-corrected chi connectivity index (χ2v) is 6.83. The van der Waals surface area contributed by atoms with Crippen molar-refractivity contribution in [1.29, 1.82) is 0 Å².